The summed E-state index contributed by atoms with van der Waals surface area (Å²) in [6.45, 7) is 4.42. The van der Waals surface area contributed by atoms with Crippen LogP contribution in [0.4, 0.5) is 11.5 Å². The average molecular weight is 284 g/mol. The van der Waals surface area contributed by atoms with Gasteiger partial charge in [-0.05, 0) is 37.2 Å². The molecule has 1 heterocycles. The van der Waals surface area contributed by atoms with Crippen LogP contribution in [0.3, 0.4) is 0 Å². The molecule has 6 heteroatoms. The van der Waals surface area contributed by atoms with E-state index in [1.807, 2.05) is 0 Å². The number of hydrogen-bond donors (Lipinski definition) is 1. The zero-order chi connectivity index (χ0) is 14.0. The van der Waals surface area contributed by atoms with Gasteiger partial charge in [-0.1, -0.05) is 25.4 Å². The molecule has 2 unspecified atom stereocenters. The smallest absolute Gasteiger partial charge is 0.311 e. The normalized spacial score (nSPS) is 27.0. The minimum absolute atomic E-state index is 0.0183. The van der Waals surface area contributed by atoms with Crippen molar-refractivity contribution in [3.05, 3.63) is 27.4 Å². The highest BCUT2D eigenvalue weighted by atomic mass is 35.5. The van der Waals surface area contributed by atoms with Crippen LogP contribution in [0.1, 0.15) is 33.1 Å². The number of aromatic nitrogens is 1. The van der Waals surface area contributed by atoms with Crippen molar-refractivity contribution in [1.29, 1.82) is 0 Å². The van der Waals surface area contributed by atoms with Gasteiger partial charge in [-0.15, -0.1) is 0 Å². The highest BCUT2D eigenvalue weighted by Gasteiger charge is 2.26. The Balaban J connectivity index is 2.18. The van der Waals surface area contributed by atoms with Crippen molar-refractivity contribution < 1.29 is 4.92 Å². The fourth-order valence-electron chi connectivity index (χ4n) is 2.94. The van der Waals surface area contributed by atoms with Crippen molar-refractivity contribution in [3.63, 3.8) is 0 Å². The third-order valence-electron chi connectivity index (χ3n) is 3.56. The van der Waals surface area contributed by atoms with Crippen molar-refractivity contribution in [2.75, 3.05) is 5.32 Å². The Bertz CT molecular complexity index is 471. The van der Waals surface area contributed by atoms with E-state index in [9.17, 15) is 10.1 Å². The van der Waals surface area contributed by atoms with E-state index in [0.29, 0.717) is 11.8 Å². The van der Waals surface area contributed by atoms with E-state index in [2.05, 4.69) is 24.1 Å². The largest absolute Gasteiger partial charge is 0.362 e. The second-order valence-electron chi connectivity index (χ2n) is 5.52. The number of nitrogens with one attached hydrogen (secondary N) is 1. The molecule has 19 heavy (non-hydrogen) atoms. The summed E-state index contributed by atoms with van der Waals surface area (Å²) in [5.41, 5.74) is -0.0183. The number of pyridine rings is 1. The molecule has 1 aliphatic carbocycles. The fraction of sp³-hybridized carbons (Fsp3) is 0.615. The molecule has 2 rings (SSSR count). The lowest BCUT2D eigenvalue weighted by molar-refractivity contribution is -0.384. The van der Waals surface area contributed by atoms with Gasteiger partial charge in [0.25, 0.3) is 0 Å². The molecule has 0 spiro atoms. The predicted octanol–water partition coefficient (Wildman–Crippen LogP) is 3.88. The van der Waals surface area contributed by atoms with E-state index in [4.69, 9.17) is 11.6 Å². The van der Waals surface area contributed by atoms with Gasteiger partial charge >= 0.3 is 5.69 Å². The summed E-state index contributed by atoms with van der Waals surface area (Å²) in [5, 5.41) is 14.4. The molecule has 0 radical (unpaired) electrons. The van der Waals surface area contributed by atoms with E-state index in [1.54, 1.807) is 0 Å². The first kappa shape index (κ1) is 14.1. The summed E-state index contributed by atoms with van der Waals surface area (Å²) >= 11 is 5.82. The summed E-state index contributed by atoms with van der Waals surface area (Å²) in [7, 11) is 0. The lowest BCUT2D eigenvalue weighted by atomic mass is 9.80. The third-order valence-corrected chi connectivity index (χ3v) is 3.77. The van der Waals surface area contributed by atoms with E-state index < -0.39 is 4.92 Å². The van der Waals surface area contributed by atoms with E-state index in [1.165, 1.54) is 18.6 Å². The van der Waals surface area contributed by atoms with E-state index in [-0.39, 0.29) is 22.7 Å². The molecule has 1 aliphatic rings. The molecule has 0 aromatic carbocycles. The Hall–Kier alpha value is -1.36. The number of anilines is 1. The summed E-state index contributed by atoms with van der Waals surface area (Å²) in [5.74, 6) is 1.53. The molecule has 0 saturated heterocycles. The summed E-state index contributed by atoms with van der Waals surface area (Å²) in [6.07, 6.45) is 3.23. The van der Waals surface area contributed by atoms with E-state index >= 15 is 0 Å². The Morgan fingerprint density at radius 2 is 1.95 bits per heavy atom. The summed E-state index contributed by atoms with van der Waals surface area (Å²) in [4.78, 5) is 14.6. The Morgan fingerprint density at radius 3 is 2.53 bits per heavy atom. The van der Waals surface area contributed by atoms with Gasteiger partial charge in [0.2, 0.25) is 5.82 Å². The van der Waals surface area contributed by atoms with Gasteiger partial charge < -0.3 is 5.32 Å². The van der Waals surface area contributed by atoms with Gasteiger partial charge in [0, 0.05) is 12.1 Å². The van der Waals surface area contributed by atoms with Crippen LogP contribution in [-0.2, 0) is 0 Å². The summed E-state index contributed by atoms with van der Waals surface area (Å²) < 4.78 is 0. The maximum Gasteiger partial charge on any atom is 0.311 e. The predicted molar refractivity (Wildman–Crippen MR) is 75.5 cm³/mol. The molecular weight excluding hydrogens is 266 g/mol. The van der Waals surface area contributed by atoms with Gasteiger partial charge in [-0.2, -0.15) is 0 Å². The lowest BCUT2D eigenvalue weighted by Gasteiger charge is -2.32. The van der Waals surface area contributed by atoms with Crippen molar-refractivity contribution >= 4 is 23.1 Å². The first-order valence-corrected chi connectivity index (χ1v) is 6.91. The molecule has 0 amide bonds. The molecule has 2 atom stereocenters. The second kappa shape index (κ2) is 5.74. The second-order valence-corrected chi connectivity index (χ2v) is 5.90. The third kappa shape index (κ3) is 3.56. The van der Waals surface area contributed by atoms with Crippen LogP contribution >= 0.6 is 11.6 Å². The number of halogens is 1. The average Bonchev–Trinajstić information content (AvgIpc) is 2.26. The maximum absolute atomic E-state index is 11.0. The first-order valence-electron chi connectivity index (χ1n) is 6.53. The SMILES string of the molecule is CC1CC(C)CC(Nc2nc(Cl)ccc2[N+](=O)[O-])C1. The minimum Gasteiger partial charge on any atom is -0.362 e. The molecule has 104 valence electrons. The molecule has 0 bridgehead atoms. The molecule has 1 aromatic heterocycles. The van der Waals surface area contributed by atoms with Crippen molar-refractivity contribution in [3.8, 4) is 0 Å². The van der Waals surface area contributed by atoms with Crippen LogP contribution in [0.15, 0.2) is 12.1 Å². The Kier molecular flexibility index (Phi) is 4.24. The standard InChI is InChI=1S/C13H18ClN3O2/c1-8-5-9(2)7-10(6-8)15-13-11(17(18)19)3-4-12(14)16-13/h3-4,8-10H,5-7H2,1-2H3,(H,15,16). The quantitative estimate of drug-likeness (QED) is 0.519. The number of rotatable bonds is 3. The number of nitrogens with zero attached hydrogens (tertiary/aromatic N) is 2. The highest BCUT2D eigenvalue weighted by Crippen LogP contribution is 2.32. The Morgan fingerprint density at radius 1 is 1.32 bits per heavy atom. The number of hydrogen-bond acceptors (Lipinski definition) is 4. The van der Waals surface area contributed by atoms with Crippen LogP contribution in [-0.4, -0.2) is 15.9 Å². The first-order chi connectivity index (χ1) is 8.95. The van der Waals surface area contributed by atoms with Gasteiger partial charge in [0.15, 0.2) is 0 Å². The molecule has 0 aliphatic heterocycles. The minimum atomic E-state index is -0.429. The molecule has 1 aromatic rings. The number of nitro groups is 1. The molecule has 1 fully saturated rings. The van der Waals surface area contributed by atoms with Crippen LogP contribution in [0.2, 0.25) is 5.15 Å². The van der Waals surface area contributed by atoms with Gasteiger partial charge in [-0.3, -0.25) is 10.1 Å². The van der Waals surface area contributed by atoms with Gasteiger partial charge in [0.05, 0.1) is 4.92 Å². The molecule has 1 saturated carbocycles. The van der Waals surface area contributed by atoms with Gasteiger partial charge in [0.1, 0.15) is 5.15 Å². The van der Waals surface area contributed by atoms with Gasteiger partial charge in [-0.25, -0.2) is 4.98 Å². The van der Waals surface area contributed by atoms with Crippen molar-refractivity contribution in [1.82, 2.24) is 4.98 Å². The fourth-order valence-corrected chi connectivity index (χ4v) is 3.09. The molecular formula is C13H18ClN3O2. The summed E-state index contributed by atoms with van der Waals surface area (Å²) in [6, 6.07) is 3.06. The van der Waals surface area contributed by atoms with Crippen molar-refractivity contribution in [2.45, 2.75) is 39.2 Å². The topological polar surface area (TPSA) is 68.1 Å². The van der Waals surface area contributed by atoms with Crippen LogP contribution in [0.5, 0.6) is 0 Å². The molecule has 5 nitrogen and oxygen atoms in total. The Labute approximate surface area is 117 Å². The lowest BCUT2D eigenvalue weighted by Crippen LogP contribution is -2.30. The van der Waals surface area contributed by atoms with Crippen LogP contribution in [0, 0.1) is 22.0 Å². The zero-order valence-electron chi connectivity index (χ0n) is 11.1. The van der Waals surface area contributed by atoms with Crippen LogP contribution in [0.25, 0.3) is 0 Å². The van der Waals surface area contributed by atoms with E-state index in [0.717, 1.165) is 12.8 Å². The van der Waals surface area contributed by atoms with Crippen LogP contribution < -0.4 is 5.32 Å². The maximum atomic E-state index is 11.0. The van der Waals surface area contributed by atoms with Crippen molar-refractivity contribution in [2.24, 2.45) is 11.8 Å². The monoisotopic (exact) mass is 283 g/mol. The molecule has 1 N–H and O–H groups in total. The zero-order valence-corrected chi connectivity index (χ0v) is 11.9. The highest BCUT2D eigenvalue weighted by molar-refractivity contribution is 6.29.